The Balaban J connectivity index is 2.24. The summed E-state index contributed by atoms with van der Waals surface area (Å²) in [6, 6.07) is 0.0628. The molecule has 1 aromatic heterocycles. The summed E-state index contributed by atoms with van der Waals surface area (Å²) in [4.78, 5) is 18.7. The van der Waals surface area contributed by atoms with E-state index in [1.807, 2.05) is 0 Å². The highest BCUT2D eigenvalue weighted by molar-refractivity contribution is 6.77. The van der Waals surface area contributed by atoms with E-state index in [2.05, 4.69) is 63.8 Å². The van der Waals surface area contributed by atoms with Gasteiger partial charge in [0.15, 0.2) is 0 Å². The number of nitro groups is 1. The quantitative estimate of drug-likeness (QED) is 0.212. The van der Waals surface area contributed by atoms with E-state index in [1.165, 1.54) is 6.33 Å². The van der Waals surface area contributed by atoms with Crippen LogP contribution in [-0.2, 0) is 4.43 Å². The van der Waals surface area contributed by atoms with Crippen molar-refractivity contribution in [3.63, 3.8) is 0 Å². The van der Waals surface area contributed by atoms with Crippen molar-refractivity contribution in [3.05, 3.63) is 21.6 Å². The maximum absolute atomic E-state index is 11.4. The molecule has 3 atom stereocenters. The summed E-state index contributed by atoms with van der Waals surface area (Å²) in [5, 5.41) is 14.5. The summed E-state index contributed by atoms with van der Waals surface area (Å²) in [6.45, 7) is 16.0. The average molecular weight is 443 g/mol. The van der Waals surface area contributed by atoms with Gasteiger partial charge in [0.1, 0.15) is 6.33 Å². The molecule has 1 saturated carbocycles. The van der Waals surface area contributed by atoms with Crippen LogP contribution in [0.5, 0.6) is 0 Å². The van der Waals surface area contributed by atoms with Gasteiger partial charge in [0.2, 0.25) is 19.3 Å². The summed E-state index contributed by atoms with van der Waals surface area (Å²) < 4.78 is 7.06. The van der Waals surface area contributed by atoms with Gasteiger partial charge >= 0.3 is 5.69 Å². The zero-order valence-corrected chi connectivity index (χ0v) is 20.4. The zero-order valence-electron chi connectivity index (χ0n) is 18.6. The molecule has 0 spiro atoms. The molecular weight excluding hydrogens is 408 g/mol. The van der Waals surface area contributed by atoms with Crippen molar-refractivity contribution in [1.82, 2.24) is 9.97 Å². The van der Waals surface area contributed by atoms with Crippen molar-refractivity contribution in [3.8, 4) is 0 Å². The zero-order chi connectivity index (χ0) is 21.9. The van der Waals surface area contributed by atoms with Gasteiger partial charge in [-0.2, -0.15) is 0 Å². The summed E-state index contributed by atoms with van der Waals surface area (Å²) in [7, 11) is -1.99. The summed E-state index contributed by atoms with van der Waals surface area (Å²) >= 11 is 5.93. The van der Waals surface area contributed by atoms with Gasteiger partial charge in [-0.3, -0.25) is 10.1 Å². The van der Waals surface area contributed by atoms with Crippen LogP contribution in [0, 0.1) is 16.0 Å². The smallest absolute Gasteiger partial charge is 0.348 e. The molecule has 9 heteroatoms. The minimum atomic E-state index is -1.99. The van der Waals surface area contributed by atoms with Gasteiger partial charge in [0.25, 0.3) is 0 Å². The molecule has 0 aliphatic heterocycles. The first-order chi connectivity index (χ1) is 13.5. The topological polar surface area (TPSA) is 90.2 Å². The van der Waals surface area contributed by atoms with E-state index in [0.717, 1.165) is 19.3 Å². The lowest BCUT2D eigenvalue weighted by atomic mass is 10.0. The van der Waals surface area contributed by atoms with E-state index in [-0.39, 0.29) is 28.8 Å². The number of nitrogens with zero attached hydrogens (tertiary/aromatic N) is 3. The van der Waals surface area contributed by atoms with Crippen LogP contribution in [0.4, 0.5) is 11.5 Å². The third-order valence-electron chi connectivity index (χ3n) is 6.52. The minimum Gasteiger partial charge on any atom is -0.413 e. The fourth-order valence-corrected chi connectivity index (χ4v) is 11.1. The van der Waals surface area contributed by atoms with Crippen molar-refractivity contribution in [2.75, 3.05) is 5.32 Å². The molecular formula is C20H35ClN4O3Si. The van der Waals surface area contributed by atoms with Crippen LogP contribution in [0.15, 0.2) is 6.33 Å². The molecule has 0 saturated heterocycles. The highest BCUT2D eigenvalue weighted by Crippen LogP contribution is 2.46. The Morgan fingerprint density at radius 2 is 1.79 bits per heavy atom. The van der Waals surface area contributed by atoms with Crippen LogP contribution in [-0.4, -0.2) is 35.4 Å². The first-order valence-corrected chi connectivity index (χ1v) is 13.1. The van der Waals surface area contributed by atoms with Crippen molar-refractivity contribution in [1.29, 1.82) is 0 Å². The fourth-order valence-electron chi connectivity index (χ4n) is 5.27. The number of hydrogen-bond donors (Lipinski definition) is 1. The van der Waals surface area contributed by atoms with Gasteiger partial charge in [-0.25, -0.2) is 9.97 Å². The van der Waals surface area contributed by atoms with Gasteiger partial charge in [-0.15, -0.1) is 0 Å². The normalized spacial score (nSPS) is 22.7. The Bertz CT molecular complexity index is 695. The van der Waals surface area contributed by atoms with Gasteiger partial charge in [0.05, 0.1) is 4.92 Å². The van der Waals surface area contributed by atoms with Gasteiger partial charge in [-0.05, 0) is 35.4 Å². The van der Waals surface area contributed by atoms with Crippen molar-refractivity contribution in [2.24, 2.45) is 5.92 Å². The molecule has 164 valence electrons. The van der Waals surface area contributed by atoms with Gasteiger partial charge < -0.3 is 9.74 Å². The van der Waals surface area contributed by atoms with Crippen LogP contribution >= 0.6 is 11.6 Å². The molecule has 0 aromatic carbocycles. The third-order valence-corrected chi connectivity index (χ3v) is 12.9. The highest BCUT2D eigenvalue weighted by atomic mass is 35.5. The summed E-state index contributed by atoms with van der Waals surface area (Å²) in [6.07, 6.45) is 4.16. The van der Waals surface area contributed by atoms with Crippen molar-refractivity contribution < 1.29 is 9.35 Å². The highest BCUT2D eigenvalue weighted by Gasteiger charge is 2.49. The summed E-state index contributed by atoms with van der Waals surface area (Å²) in [5.74, 6) is 0.614. The SMILES string of the molecule is CC[C@H]1C[C@@H](Nc2ncnc(Cl)c2[N+](=O)[O-])C[C@@H]1O[Si](C(C)C)(C(C)C)C(C)C. The Morgan fingerprint density at radius 3 is 2.28 bits per heavy atom. The Hall–Kier alpha value is -1.25. The maximum atomic E-state index is 11.4. The van der Waals surface area contributed by atoms with E-state index in [4.69, 9.17) is 16.0 Å². The lowest BCUT2D eigenvalue weighted by Crippen LogP contribution is -2.50. The molecule has 0 amide bonds. The molecule has 1 heterocycles. The number of anilines is 1. The lowest BCUT2D eigenvalue weighted by molar-refractivity contribution is -0.384. The van der Waals surface area contributed by atoms with Crippen LogP contribution in [0.2, 0.25) is 21.8 Å². The number of nitrogens with one attached hydrogen (secondary N) is 1. The molecule has 7 nitrogen and oxygen atoms in total. The molecule has 29 heavy (non-hydrogen) atoms. The van der Waals surface area contributed by atoms with Crippen molar-refractivity contribution >= 4 is 31.4 Å². The second kappa shape index (κ2) is 9.70. The number of rotatable bonds is 9. The second-order valence-corrected chi connectivity index (χ2v) is 14.8. The lowest BCUT2D eigenvalue weighted by Gasteiger charge is -2.45. The Kier molecular flexibility index (Phi) is 8.04. The average Bonchev–Trinajstić information content (AvgIpc) is 2.99. The Morgan fingerprint density at radius 1 is 1.21 bits per heavy atom. The molecule has 1 aliphatic carbocycles. The van der Waals surface area contributed by atoms with E-state index in [9.17, 15) is 10.1 Å². The molecule has 1 aromatic rings. The van der Waals surface area contributed by atoms with Gasteiger partial charge in [0, 0.05) is 12.1 Å². The predicted octanol–water partition coefficient (Wildman–Crippen LogP) is 6.20. The third kappa shape index (κ3) is 4.91. The Labute approximate surface area is 180 Å². The number of aromatic nitrogens is 2. The predicted molar refractivity (Wildman–Crippen MR) is 120 cm³/mol. The van der Waals surface area contributed by atoms with Gasteiger partial charge in [-0.1, -0.05) is 66.5 Å². The number of halogens is 1. The first kappa shape index (κ1) is 24.0. The molecule has 1 N–H and O–H groups in total. The molecule has 1 aliphatic rings. The van der Waals surface area contributed by atoms with Crippen LogP contribution in [0.1, 0.15) is 67.7 Å². The van der Waals surface area contributed by atoms with E-state index < -0.39 is 13.2 Å². The van der Waals surface area contributed by atoms with Crippen LogP contribution in [0.3, 0.4) is 0 Å². The molecule has 2 rings (SSSR count). The fraction of sp³-hybridized carbons (Fsp3) is 0.800. The largest absolute Gasteiger partial charge is 0.413 e. The molecule has 0 bridgehead atoms. The molecule has 0 unspecified atom stereocenters. The summed E-state index contributed by atoms with van der Waals surface area (Å²) in [5.41, 5.74) is 1.30. The number of hydrogen-bond acceptors (Lipinski definition) is 6. The van der Waals surface area contributed by atoms with Crippen LogP contribution in [0.25, 0.3) is 0 Å². The van der Waals surface area contributed by atoms with Crippen LogP contribution < -0.4 is 5.32 Å². The maximum Gasteiger partial charge on any atom is 0.348 e. The van der Waals surface area contributed by atoms with E-state index >= 15 is 0 Å². The molecule has 1 fully saturated rings. The van der Waals surface area contributed by atoms with Crippen molar-refractivity contribution in [2.45, 2.75) is 96.5 Å². The van der Waals surface area contributed by atoms with E-state index in [1.54, 1.807) is 0 Å². The molecule has 0 radical (unpaired) electrons. The standard InChI is InChI=1S/C20H35ClN4O3Si/c1-8-15-9-16(24-20-18(25(26)27)19(21)22-11-23-20)10-17(15)28-29(12(2)3,13(4)5)14(6)7/h11-17H,8-10H2,1-7H3,(H,22,23,24)/t15-,16+,17-/m0/s1. The second-order valence-electron chi connectivity index (χ2n) is 9.07. The first-order valence-electron chi connectivity index (χ1n) is 10.6. The minimum absolute atomic E-state index is 0.0628. The van der Waals surface area contributed by atoms with E-state index in [0.29, 0.717) is 22.5 Å². The monoisotopic (exact) mass is 442 g/mol.